The molecule has 1 heterocycles. The lowest BCUT2D eigenvalue weighted by atomic mass is 10.2. The number of hydrogen-bond donors (Lipinski definition) is 2. The summed E-state index contributed by atoms with van der Waals surface area (Å²) in [7, 11) is 0. The van der Waals surface area contributed by atoms with Crippen LogP contribution in [0.4, 0.5) is 5.69 Å². The van der Waals surface area contributed by atoms with Crippen molar-refractivity contribution in [1.29, 1.82) is 5.26 Å². The molecule has 0 aliphatic carbocycles. The first-order valence-electron chi connectivity index (χ1n) is 7.77. The number of furan rings is 1. The number of nitrogens with zero attached hydrogens (tertiary/aromatic N) is 1. The molecule has 0 aliphatic heterocycles. The maximum atomic E-state index is 12.1. The molecule has 2 aromatic rings. The van der Waals surface area contributed by atoms with E-state index in [-0.39, 0.29) is 18.5 Å². The molecule has 26 heavy (non-hydrogen) atoms. The molecule has 8 nitrogen and oxygen atoms in total. The van der Waals surface area contributed by atoms with Gasteiger partial charge in [0.05, 0.1) is 24.4 Å². The Balaban J connectivity index is 1.85. The quantitative estimate of drug-likeness (QED) is 0.733. The molecular formula is C18H17N3O5. The van der Waals surface area contributed by atoms with Gasteiger partial charge in [0.15, 0.2) is 6.10 Å². The first kappa shape index (κ1) is 18.7. The van der Waals surface area contributed by atoms with Gasteiger partial charge < -0.3 is 19.8 Å². The molecule has 2 rings (SSSR count). The van der Waals surface area contributed by atoms with Crippen LogP contribution in [-0.4, -0.2) is 23.9 Å². The van der Waals surface area contributed by atoms with Crippen molar-refractivity contribution in [3.8, 4) is 6.07 Å². The van der Waals surface area contributed by atoms with Crippen LogP contribution in [0, 0.1) is 11.3 Å². The zero-order valence-corrected chi connectivity index (χ0v) is 14.0. The van der Waals surface area contributed by atoms with E-state index in [2.05, 4.69) is 10.6 Å². The van der Waals surface area contributed by atoms with Crippen LogP contribution in [0.1, 0.15) is 29.5 Å². The minimum absolute atomic E-state index is 0.199. The molecule has 0 bridgehead atoms. The molecule has 1 atom stereocenters. The molecule has 8 heteroatoms. The Morgan fingerprint density at radius 2 is 1.96 bits per heavy atom. The molecular weight excluding hydrogens is 338 g/mol. The summed E-state index contributed by atoms with van der Waals surface area (Å²) in [4.78, 5) is 35.3. The summed E-state index contributed by atoms with van der Waals surface area (Å²) in [5.74, 6) is -0.966. The number of carbonyl (C=O) groups excluding carboxylic acids is 3. The lowest BCUT2D eigenvalue weighted by Crippen LogP contribution is -2.35. The number of esters is 1. The van der Waals surface area contributed by atoms with E-state index in [9.17, 15) is 14.4 Å². The summed E-state index contributed by atoms with van der Waals surface area (Å²) in [6, 6.07) is 11.1. The molecule has 2 N–H and O–H groups in total. The van der Waals surface area contributed by atoms with E-state index in [1.54, 1.807) is 18.2 Å². The number of rotatable bonds is 7. The second-order valence-electron chi connectivity index (χ2n) is 5.31. The third-order valence-corrected chi connectivity index (χ3v) is 3.31. The molecule has 0 fully saturated rings. The molecule has 0 aliphatic rings. The van der Waals surface area contributed by atoms with Crippen molar-refractivity contribution in [3.05, 3.63) is 54.0 Å². The van der Waals surface area contributed by atoms with Gasteiger partial charge in [-0.25, -0.2) is 4.79 Å². The fourth-order valence-electron chi connectivity index (χ4n) is 1.98. The van der Waals surface area contributed by atoms with E-state index in [0.717, 1.165) is 0 Å². The highest BCUT2D eigenvalue weighted by Gasteiger charge is 2.19. The SMILES string of the molecule is C[C@H](OC(=O)c1ccc(NC(=O)CC#N)cc1)C(=O)NCc1ccco1. The Kier molecular flexibility index (Phi) is 6.51. The fraction of sp³-hybridized carbons (Fsp3) is 0.222. The van der Waals surface area contributed by atoms with Gasteiger partial charge in [-0.2, -0.15) is 5.26 Å². The summed E-state index contributed by atoms with van der Waals surface area (Å²) < 4.78 is 10.2. The van der Waals surface area contributed by atoms with Crippen molar-refractivity contribution in [1.82, 2.24) is 5.32 Å². The fourth-order valence-corrected chi connectivity index (χ4v) is 1.98. The lowest BCUT2D eigenvalue weighted by molar-refractivity contribution is -0.129. The third-order valence-electron chi connectivity index (χ3n) is 3.31. The average Bonchev–Trinajstić information content (AvgIpc) is 3.13. The zero-order valence-electron chi connectivity index (χ0n) is 14.0. The van der Waals surface area contributed by atoms with E-state index in [1.165, 1.54) is 37.5 Å². The monoisotopic (exact) mass is 355 g/mol. The molecule has 2 amide bonds. The van der Waals surface area contributed by atoms with Gasteiger partial charge >= 0.3 is 5.97 Å². The predicted octanol–water partition coefficient (Wildman–Crippen LogP) is 1.99. The van der Waals surface area contributed by atoms with Crippen LogP contribution < -0.4 is 10.6 Å². The Labute approximate surface area is 149 Å². The van der Waals surface area contributed by atoms with Crippen molar-refractivity contribution >= 4 is 23.5 Å². The second-order valence-corrected chi connectivity index (χ2v) is 5.31. The smallest absolute Gasteiger partial charge is 0.338 e. The number of hydrogen-bond acceptors (Lipinski definition) is 6. The summed E-state index contributed by atoms with van der Waals surface area (Å²) in [5, 5.41) is 13.6. The van der Waals surface area contributed by atoms with E-state index < -0.39 is 23.9 Å². The topological polar surface area (TPSA) is 121 Å². The maximum absolute atomic E-state index is 12.1. The molecule has 0 saturated heterocycles. The van der Waals surface area contributed by atoms with Crippen LogP contribution in [0.3, 0.4) is 0 Å². The second kappa shape index (κ2) is 9.03. The summed E-state index contributed by atoms with van der Waals surface area (Å²) in [6.45, 7) is 1.66. The van der Waals surface area contributed by atoms with Crippen LogP contribution in [0.15, 0.2) is 47.1 Å². The number of nitrogens with one attached hydrogen (secondary N) is 2. The third kappa shape index (κ3) is 5.49. The highest BCUT2D eigenvalue weighted by Crippen LogP contribution is 2.12. The number of amides is 2. The highest BCUT2D eigenvalue weighted by molar-refractivity contribution is 5.94. The van der Waals surface area contributed by atoms with E-state index in [1.807, 2.05) is 0 Å². The summed E-state index contributed by atoms with van der Waals surface area (Å²) in [5.41, 5.74) is 0.681. The number of nitriles is 1. The van der Waals surface area contributed by atoms with Crippen molar-refractivity contribution in [3.63, 3.8) is 0 Å². The summed E-state index contributed by atoms with van der Waals surface area (Å²) >= 11 is 0. The first-order valence-corrected chi connectivity index (χ1v) is 7.77. The van der Waals surface area contributed by atoms with Crippen LogP contribution in [-0.2, 0) is 20.9 Å². The molecule has 1 aromatic heterocycles. The maximum Gasteiger partial charge on any atom is 0.338 e. The molecule has 134 valence electrons. The Bertz CT molecular complexity index is 806. The van der Waals surface area contributed by atoms with Crippen molar-refractivity contribution in [2.24, 2.45) is 0 Å². The largest absolute Gasteiger partial charge is 0.467 e. The Hall–Kier alpha value is -3.60. The molecule has 0 unspecified atom stereocenters. The predicted molar refractivity (Wildman–Crippen MR) is 90.7 cm³/mol. The minimum atomic E-state index is -0.979. The zero-order chi connectivity index (χ0) is 18.9. The molecule has 1 aromatic carbocycles. The lowest BCUT2D eigenvalue weighted by Gasteiger charge is -2.13. The van der Waals surface area contributed by atoms with Gasteiger partial charge in [0.2, 0.25) is 5.91 Å². The van der Waals surface area contributed by atoms with Crippen molar-refractivity contribution in [2.45, 2.75) is 26.0 Å². The van der Waals surface area contributed by atoms with Gasteiger partial charge in [-0.3, -0.25) is 9.59 Å². The molecule has 0 spiro atoms. The molecule has 0 radical (unpaired) electrons. The normalized spacial score (nSPS) is 11.1. The number of anilines is 1. The van der Waals surface area contributed by atoms with Gasteiger partial charge in [0.1, 0.15) is 12.2 Å². The molecule has 0 saturated carbocycles. The highest BCUT2D eigenvalue weighted by atomic mass is 16.5. The standard InChI is InChI=1S/C18H17N3O5/c1-12(17(23)20-11-15-3-2-10-25-15)26-18(24)13-4-6-14(7-5-13)21-16(22)8-9-19/h2-7,10,12H,8,11H2,1H3,(H,20,23)(H,21,22)/t12-/m0/s1. The van der Waals surface area contributed by atoms with Gasteiger partial charge in [-0.15, -0.1) is 0 Å². The Morgan fingerprint density at radius 3 is 2.58 bits per heavy atom. The van der Waals surface area contributed by atoms with Gasteiger partial charge in [0.25, 0.3) is 5.91 Å². The number of carbonyl (C=O) groups is 3. The minimum Gasteiger partial charge on any atom is -0.467 e. The van der Waals surface area contributed by atoms with Gasteiger partial charge in [0, 0.05) is 5.69 Å². The van der Waals surface area contributed by atoms with Crippen molar-refractivity contribution < 1.29 is 23.5 Å². The van der Waals surface area contributed by atoms with Gasteiger partial charge in [-0.1, -0.05) is 0 Å². The van der Waals surface area contributed by atoms with E-state index in [4.69, 9.17) is 14.4 Å². The first-order chi connectivity index (χ1) is 12.5. The summed E-state index contributed by atoms with van der Waals surface area (Å²) in [6.07, 6.45) is 0.263. The van der Waals surface area contributed by atoms with Crippen LogP contribution in [0.5, 0.6) is 0 Å². The number of ether oxygens (including phenoxy) is 1. The van der Waals surface area contributed by atoms with E-state index >= 15 is 0 Å². The average molecular weight is 355 g/mol. The van der Waals surface area contributed by atoms with E-state index in [0.29, 0.717) is 11.4 Å². The Morgan fingerprint density at radius 1 is 1.23 bits per heavy atom. The van der Waals surface area contributed by atoms with Crippen LogP contribution in [0.2, 0.25) is 0 Å². The number of benzene rings is 1. The van der Waals surface area contributed by atoms with Crippen LogP contribution >= 0.6 is 0 Å². The van der Waals surface area contributed by atoms with Crippen molar-refractivity contribution in [2.75, 3.05) is 5.32 Å². The van der Waals surface area contributed by atoms with Gasteiger partial charge in [-0.05, 0) is 43.3 Å². The van der Waals surface area contributed by atoms with Crippen LogP contribution in [0.25, 0.3) is 0 Å².